The van der Waals surface area contributed by atoms with Crippen molar-refractivity contribution in [3.8, 4) is 6.07 Å². The molecule has 0 atom stereocenters. The summed E-state index contributed by atoms with van der Waals surface area (Å²) >= 11 is 0. The van der Waals surface area contributed by atoms with Crippen LogP contribution in [0.2, 0.25) is 19.6 Å². The van der Waals surface area contributed by atoms with Crippen molar-refractivity contribution >= 4 is 129 Å². The average molecular weight is 875 g/mol. The molecule has 0 N–H and O–H groups in total. The summed E-state index contributed by atoms with van der Waals surface area (Å²) in [6.45, 7) is 16.9. The Kier molecular flexibility index (Phi) is 8.22. The van der Waals surface area contributed by atoms with Gasteiger partial charge in [0.2, 0.25) is 0 Å². The molecule has 7 heteroatoms. The van der Waals surface area contributed by atoms with E-state index in [1.54, 1.807) is 0 Å². The summed E-state index contributed by atoms with van der Waals surface area (Å²) in [6.07, 6.45) is 0. The molecule has 0 fully saturated rings. The predicted molar refractivity (Wildman–Crippen MR) is 284 cm³/mol. The van der Waals surface area contributed by atoms with Crippen molar-refractivity contribution in [2.75, 3.05) is 9.80 Å². The fourth-order valence-electron chi connectivity index (χ4n) is 10.9. The van der Waals surface area contributed by atoms with Crippen LogP contribution >= 0.6 is 0 Å². The third-order valence-electron chi connectivity index (χ3n) is 14.0. The van der Waals surface area contributed by atoms with E-state index in [1.165, 1.54) is 86.9 Å². The molecule has 0 aliphatic carbocycles. The Hall–Kier alpha value is -8.62. The monoisotopic (exact) mass is 874 g/mol. The van der Waals surface area contributed by atoms with Crippen molar-refractivity contribution in [3.63, 3.8) is 0 Å². The summed E-state index contributed by atoms with van der Waals surface area (Å²) in [4.78, 5) is 8.40. The number of hydrogen-bond acceptors (Lipinski definition) is 3. The number of rotatable bonds is 7. The Labute approximate surface area is 388 Å². The summed E-state index contributed by atoms with van der Waals surface area (Å²) in [7, 11) is -1.54. The van der Waals surface area contributed by atoms with Crippen molar-refractivity contribution in [1.82, 2.24) is 8.80 Å². The summed E-state index contributed by atoms with van der Waals surface area (Å²) in [6, 6.07) is 67.8. The SMILES string of the molecule is [C-]#[N+]c1ccc(N(c2ccc(C)cc2)c2ccc3c4cc5c(cc4n4c6ccccc6c2c34)c2ccc(N(c3ccc(C#N)cc3)c3ccc([Si](C)(C)C)cc3)c3c4ccccc4n5c23)cc1. The lowest BCUT2D eigenvalue weighted by Crippen LogP contribution is -2.37. The largest absolute Gasteiger partial charge is 0.310 e. The van der Waals surface area contributed by atoms with Crippen molar-refractivity contribution in [2.24, 2.45) is 0 Å². The molecule has 0 saturated heterocycles. The number of hydrogen-bond donors (Lipinski definition) is 0. The van der Waals surface area contributed by atoms with Gasteiger partial charge in [-0.15, -0.1) is 0 Å². The lowest BCUT2D eigenvalue weighted by molar-refractivity contribution is 1.29. The second-order valence-electron chi connectivity index (χ2n) is 18.9. The van der Waals surface area contributed by atoms with E-state index in [9.17, 15) is 5.26 Å². The number of para-hydroxylation sites is 2. The second-order valence-corrected chi connectivity index (χ2v) is 24.0. The van der Waals surface area contributed by atoms with Crippen LogP contribution in [0.4, 0.5) is 39.8 Å². The molecule has 0 amide bonds. The topological polar surface area (TPSA) is 43.5 Å². The van der Waals surface area contributed by atoms with E-state index in [-0.39, 0.29) is 0 Å². The molecule has 0 aliphatic heterocycles. The Morgan fingerprint density at radius 1 is 0.478 bits per heavy atom. The lowest BCUT2D eigenvalue weighted by atomic mass is 10.0. The van der Waals surface area contributed by atoms with Gasteiger partial charge in [0.05, 0.1) is 70.8 Å². The molecular weight excluding hydrogens is 833 g/mol. The molecule has 0 saturated carbocycles. The van der Waals surface area contributed by atoms with E-state index < -0.39 is 8.07 Å². The molecule has 0 unspecified atom stereocenters. The van der Waals surface area contributed by atoms with Gasteiger partial charge in [0.25, 0.3) is 0 Å². The standard InChI is InChI=1S/C60H42N6Si/c1-37-14-20-40(21-15-37)63(42-24-18-39(62-2)19-25-42)53-32-30-45-49-34-56-50(35-55(49)65-51-12-8-6-10-47(51)57(53)59(45)65)46-31-33-54(58-48-11-7-9-13-52(48)66(56)60(46)58)64(41-22-16-38(36-61)17-23-41)43-26-28-44(29-27-43)67(3,4)5/h6-35H,1,3-5H3. The van der Waals surface area contributed by atoms with Gasteiger partial charge < -0.3 is 18.6 Å². The van der Waals surface area contributed by atoms with E-state index in [0.29, 0.717) is 11.3 Å². The summed E-state index contributed by atoms with van der Waals surface area (Å²) < 4.78 is 4.98. The highest BCUT2D eigenvalue weighted by molar-refractivity contribution is 6.88. The zero-order chi connectivity index (χ0) is 45.3. The van der Waals surface area contributed by atoms with E-state index >= 15 is 0 Å². The predicted octanol–water partition coefficient (Wildman–Crippen LogP) is 16.2. The first-order chi connectivity index (χ1) is 32.7. The zero-order valence-corrected chi connectivity index (χ0v) is 38.5. The molecular formula is C60H42N6Si. The smallest absolute Gasteiger partial charge is 0.187 e. The van der Waals surface area contributed by atoms with Crippen LogP contribution in [-0.4, -0.2) is 16.9 Å². The summed E-state index contributed by atoms with van der Waals surface area (Å²) in [5, 5.41) is 20.8. The van der Waals surface area contributed by atoms with E-state index in [0.717, 1.165) is 34.1 Å². The van der Waals surface area contributed by atoms with Gasteiger partial charge >= 0.3 is 0 Å². The van der Waals surface area contributed by atoms with Crippen LogP contribution in [0.3, 0.4) is 0 Å². The summed E-state index contributed by atoms with van der Waals surface area (Å²) in [5.41, 5.74) is 15.9. The Balaban J connectivity index is 1.09. The van der Waals surface area contributed by atoms with E-state index in [2.05, 4.69) is 214 Å². The third-order valence-corrected chi connectivity index (χ3v) is 16.1. The maximum absolute atomic E-state index is 9.76. The Morgan fingerprint density at radius 3 is 1.36 bits per heavy atom. The molecule has 67 heavy (non-hydrogen) atoms. The molecule has 9 aromatic carbocycles. The van der Waals surface area contributed by atoms with Crippen LogP contribution in [0.5, 0.6) is 0 Å². The minimum absolute atomic E-state index is 0.618. The van der Waals surface area contributed by atoms with Crippen molar-refractivity contribution in [3.05, 3.63) is 205 Å². The molecule has 316 valence electrons. The third kappa shape index (κ3) is 5.59. The quantitative estimate of drug-likeness (QED) is 0.118. The molecule has 13 aromatic rings. The highest BCUT2D eigenvalue weighted by Crippen LogP contribution is 2.51. The van der Waals surface area contributed by atoms with Crippen molar-refractivity contribution < 1.29 is 0 Å². The number of fused-ring (bicyclic) bond motifs is 12. The number of nitrogens with zero attached hydrogens (tertiary/aromatic N) is 6. The minimum Gasteiger partial charge on any atom is -0.310 e. The second kappa shape index (κ2) is 14.2. The summed E-state index contributed by atoms with van der Waals surface area (Å²) in [5.74, 6) is 0. The number of aryl methyl sites for hydroxylation is 1. The fraction of sp³-hybridized carbons (Fsp3) is 0.0667. The molecule has 13 rings (SSSR count). The van der Waals surface area contributed by atoms with Gasteiger partial charge in [-0.3, -0.25) is 0 Å². The van der Waals surface area contributed by atoms with Gasteiger partial charge in [0.1, 0.15) is 0 Å². The normalized spacial score (nSPS) is 12.1. The minimum atomic E-state index is -1.54. The maximum atomic E-state index is 9.76. The van der Waals surface area contributed by atoms with Crippen LogP contribution < -0.4 is 15.0 Å². The molecule has 4 aromatic heterocycles. The Morgan fingerprint density at radius 2 is 0.910 bits per heavy atom. The molecule has 0 radical (unpaired) electrons. The first kappa shape index (κ1) is 38.8. The number of benzene rings is 9. The molecule has 0 bridgehead atoms. The van der Waals surface area contributed by atoms with Crippen molar-refractivity contribution in [2.45, 2.75) is 26.6 Å². The fourth-order valence-corrected chi connectivity index (χ4v) is 12.0. The van der Waals surface area contributed by atoms with Crippen LogP contribution in [-0.2, 0) is 0 Å². The van der Waals surface area contributed by atoms with Gasteiger partial charge in [-0.25, -0.2) is 4.85 Å². The number of anilines is 6. The first-order valence-electron chi connectivity index (χ1n) is 22.8. The molecule has 6 nitrogen and oxygen atoms in total. The van der Waals surface area contributed by atoms with Gasteiger partial charge in [-0.1, -0.05) is 115 Å². The molecule has 4 heterocycles. The van der Waals surface area contributed by atoms with Gasteiger partial charge in [0, 0.05) is 65.8 Å². The molecule has 0 spiro atoms. The van der Waals surface area contributed by atoms with Crippen LogP contribution in [0.1, 0.15) is 11.1 Å². The maximum Gasteiger partial charge on any atom is 0.187 e. The molecule has 0 aliphatic rings. The van der Waals surface area contributed by atoms with Gasteiger partial charge in [-0.05, 0) is 104 Å². The van der Waals surface area contributed by atoms with Crippen LogP contribution in [0.15, 0.2) is 182 Å². The highest BCUT2D eigenvalue weighted by atomic mass is 28.3. The van der Waals surface area contributed by atoms with Gasteiger partial charge in [-0.2, -0.15) is 5.26 Å². The first-order valence-corrected chi connectivity index (χ1v) is 26.3. The number of nitriles is 1. The van der Waals surface area contributed by atoms with Crippen LogP contribution in [0.25, 0.3) is 81.0 Å². The lowest BCUT2D eigenvalue weighted by Gasteiger charge is -2.27. The highest BCUT2D eigenvalue weighted by Gasteiger charge is 2.28. The van der Waals surface area contributed by atoms with Crippen LogP contribution in [0, 0.1) is 24.8 Å². The van der Waals surface area contributed by atoms with E-state index in [4.69, 9.17) is 6.57 Å². The zero-order valence-electron chi connectivity index (χ0n) is 37.5. The number of aromatic nitrogens is 2. The van der Waals surface area contributed by atoms with E-state index in [1.807, 2.05) is 24.3 Å². The average Bonchev–Trinajstić information content (AvgIpc) is 4.09. The van der Waals surface area contributed by atoms with Gasteiger partial charge in [0.15, 0.2) is 5.69 Å². The van der Waals surface area contributed by atoms with Crippen molar-refractivity contribution in [1.29, 1.82) is 5.26 Å². The Bertz CT molecular complexity index is 4200.